The summed E-state index contributed by atoms with van der Waals surface area (Å²) in [5, 5.41) is 3.15. The maximum atomic E-state index is 13.3. The lowest BCUT2D eigenvalue weighted by molar-refractivity contribution is 0.102. The highest BCUT2D eigenvalue weighted by Gasteiger charge is 2.23. The normalized spacial score (nSPS) is 11.3. The summed E-state index contributed by atoms with van der Waals surface area (Å²) >= 11 is 6.16. The first-order chi connectivity index (χ1) is 18.6. The molecule has 0 aliphatic rings. The van der Waals surface area contributed by atoms with Crippen molar-refractivity contribution in [2.24, 2.45) is 0 Å². The molecule has 39 heavy (non-hydrogen) atoms. The summed E-state index contributed by atoms with van der Waals surface area (Å²) in [6.45, 7) is 1.85. The van der Waals surface area contributed by atoms with Gasteiger partial charge in [0.15, 0.2) is 5.78 Å². The Hall–Kier alpha value is -3.98. The molecule has 4 aromatic carbocycles. The van der Waals surface area contributed by atoms with Crippen LogP contribution in [0.25, 0.3) is 0 Å². The summed E-state index contributed by atoms with van der Waals surface area (Å²) in [4.78, 5) is 26.6. The SMILES string of the molecule is COc1ccc(C(=O)Nc2ccc(Cl)cc2C(=O)c2ccccc2)cc1CN(C)S(=O)(=O)c1ccc(C)cc1. The molecule has 0 saturated heterocycles. The van der Waals surface area contributed by atoms with Crippen LogP contribution in [-0.2, 0) is 16.6 Å². The number of sulfonamides is 1. The molecule has 0 saturated carbocycles. The molecule has 1 amide bonds. The third kappa shape index (κ3) is 6.37. The number of rotatable bonds is 9. The van der Waals surface area contributed by atoms with Gasteiger partial charge >= 0.3 is 0 Å². The van der Waals surface area contributed by atoms with Gasteiger partial charge in [-0.15, -0.1) is 0 Å². The molecule has 0 aliphatic carbocycles. The minimum atomic E-state index is -3.78. The monoisotopic (exact) mass is 562 g/mol. The number of ether oxygens (including phenoxy) is 1. The predicted octanol–water partition coefficient (Wildman–Crippen LogP) is 5.96. The van der Waals surface area contributed by atoms with Crippen LogP contribution in [0.3, 0.4) is 0 Å². The lowest BCUT2D eigenvalue weighted by Crippen LogP contribution is -2.27. The van der Waals surface area contributed by atoms with Crippen LogP contribution in [0.15, 0.2) is 95.9 Å². The Balaban J connectivity index is 1.60. The van der Waals surface area contributed by atoms with E-state index < -0.39 is 15.9 Å². The average Bonchev–Trinajstić information content (AvgIpc) is 2.94. The van der Waals surface area contributed by atoms with Crippen molar-refractivity contribution in [2.75, 3.05) is 19.5 Å². The molecule has 4 aromatic rings. The smallest absolute Gasteiger partial charge is 0.255 e. The second-order valence-electron chi connectivity index (χ2n) is 8.94. The number of hydrogen-bond donors (Lipinski definition) is 1. The summed E-state index contributed by atoms with van der Waals surface area (Å²) in [5.41, 5.74) is 2.72. The number of anilines is 1. The molecule has 0 spiro atoms. The van der Waals surface area contributed by atoms with E-state index in [1.54, 1.807) is 78.9 Å². The minimum Gasteiger partial charge on any atom is -0.496 e. The first kappa shape index (κ1) is 28.0. The number of carbonyl (C=O) groups is 2. The fraction of sp³-hybridized carbons (Fsp3) is 0.133. The maximum Gasteiger partial charge on any atom is 0.255 e. The lowest BCUT2D eigenvalue weighted by Gasteiger charge is -2.19. The molecule has 0 fully saturated rings. The fourth-order valence-corrected chi connectivity index (χ4v) is 5.33. The highest BCUT2D eigenvalue weighted by Crippen LogP contribution is 2.27. The molecular weight excluding hydrogens is 536 g/mol. The van der Waals surface area contributed by atoms with Crippen LogP contribution >= 0.6 is 11.6 Å². The molecule has 9 heteroatoms. The second kappa shape index (κ2) is 11.8. The molecule has 0 unspecified atom stereocenters. The van der Waals surface area contributed by atoms with Gasteiger partial charge < -0.3 is 10.1 Å². The molecule has 0 heterocycles. The molecule has 200 valence electrons. The number of ketones is 1. The molecule has 4 rings (SSSR count). The van der Waals surface area contributed by atoms with Gasteiger partial charge in [0.1, 0.15) is 5.75 Å². The van der Waals surface area contributed by atoms with Gasteiger partial charge in [0.2, 0.25) is 10.0 Å². The zero-order valence-electron chi connectivity index (χ0n) is 21.6. The van der Waals surface area contributed by atoms with E-state index in [4.69, 9.17) is 16.3 Å². The number of methoxy groups -OCH3 is 1. The predicted molar refractivity (Wildman–Crippen MR) is 152 cm³/mol. The van der Waals surface area contributed by atoms with Crippen molar-refractivity contribution in [2.45, 2.75) is 18.4 Å². The van der Waals surface area contributed by atoms with Gasteiger partial charge in [-0.3, -0.25) is 9.59 Å². The van der Waals surface area contributed by atoms with Crippen LogP contribution < -0.4 is 10.1 Å². The summed E-state index contributed by atoms with van der Waals surface area (Å²) in [6.07, 6.45) is 0. The summed E-state index contributed by atoms with van der Waals surface area (Å²) in [7, 11) is -0.836. The molecule has 1 N–H and O–H groups in total. The molecule has 0 radical (unpaired) electrons. The van der Waals surface area contributed by atoms with Gasteiger partial charge in [0.05, 0.1) is 17.7 Å². The first-order valence-electron chi connectivity index (χ1n) is 12.0. The maximum absolute atomic E-state index is 13.3. The van der Waals surface area contributed by atoms with Gasteiger partial charge in [0, 0.05) is 40.9 Å². The number of nitrogens with one attached hydrogen (secondary N) is 1. The van der Waals surface area contributed by atoms with Gasteiger partial charge in [-0.25, -0.2) is 8.42 Å². The standard InChI is InChI=1S/C30H27ClN2O5S/c1-20-9-13-25(14-10-20)39(36,37)33(2)19-23-17-22(11-16-28(23)38-3)30(35)32-27-15-12-24(31)18-26(27)29(34)21-7-5-4-6-8-21/h4-18H,19H2,1-3H3,(H,32,35). The topological polar surface area (TPSA) is 92.8 Å². The average molecular weight is 563 g/mol. The van der Waals surface area contributed by atoms with Crippen molar-refractivity contribution in [3.05, 3.63) is 124 Å². The zero-order valence-corrected chi connectivity index (χ0v) is 23.2. The number of amides is 1. The fourth-order valence-electron chi connectivity index (χ4n) is 4.01. The van der Waals surface area contributed by atoms with Crippen LogP contribution in [0, 0.1) is 6.92 Å². The van der Waals surface area contributed by atoms with Crippen molar-refractivity contribution in [3.8, 4) is 5.75 Å². The lowest BCUT2D eigenvalue weighted by atomic mass is 10.0. The van der Waals surface area contributed by atoms with Crippen molar-refractivity contribution in [1.82, 2.24) is 4.31 Å². The van der Waals surface area contributed by atoms with Crippen LogP contribution in [0.4, 0.5) is 5.69 Å². The Morgan fingerprint density at radius 3 is 2.26 bits per heavy atom. The van der Waals surface area contributed by atoms with Crippen LogP contribution in [-0.4, -0.2) is 38.6 Å². The second-order valence-corrected chi connectivity index (χ2v) is 11.4. The minimum absolute atomic E-state index is 0.0286. The summed E-state index contributed by atoms with van der Waals surface area (Å²) in [5.74, 6) is -0.330. The molecule has 0 atom stereocenters. The Bertz CT molecular complexity index is 1620. The highest BCUT2D eigenvalue weighted by molar-refractivity contribution is 7.89. The summed E-state index contributed by atoms with van der Waals surface area (Å²) in [6, 6.07) is 24.7. The first-order valence-corrected chi connectivity index (χ1v) is 13.8. The van der Waals surface area contributed by atoms with Crippen molar-refractivity contribution in [3.63, 3.8) is 0 Å². The Morgan fingerprint density at radius 2 is 1.59 bits per heavy atom. The van der Waals surface area contributed by atoms with Gasteiger partial charge in [0.25, 0.3) is 5.91 Å². The van der Waals surface area contributed by atoms with Gasteiger partial charge in [-0.1, -0.05) is 59.6 Å². The van der Waals surface area contributed by atoms with Crippen molar-refractivity contribution < 1.29 is 22.7 Å². The van der Waals surface area contributed by atoms with Crippen molar-refractivity contribution >= 4 is 39.0 Å². The molecule has 0 aromatic heterocycles. The van der Waals surface area contributed by atoms with E-state index in [9.17, 15) is 18.0 Å². The number of hydrogen-bond acceptors (Lipinski definition) is 5. The molecule has 0 bridgehead atoms. The van der Waals surface area contributed by atoms with E-state index in [2.05, 4.69) is 5.32 Å². The number of aryl methyl sites for hydroxylation is 1. The third-order valence-corrected chi connectivity index (χ3v) is 8.23. The van der Waals surface area contributed by atoms with Crippen LogP contribution in [0.5, 0.6) is 5.75 Å². The zero-order chi connectivity index (χ0) is 28.2. The van der Waals surface area contributed by atoms with E-state index in [1.807, 2.05) is 13.0 Å². The Morgan fingerprint density at radius 1 is 0.897 bits per heavy atom. The van der Waals surface area contributed by atoms with Crippen LogP contribution in [0.1, 0.15) is 37.4 Å². The molecular formula is C30H27ClN2O5S. The van der Waals surface area contributed by atoms with Gasteiger partial charge in [-0.05, 0) is 55.5 Å². The van der Waals surface area contributed by atoms with E-state index in [0.29, 0.717) is 27.6 Å². The number of halogens is 1. The largest absolute Gasteiger partial charge is 0.496 e. The van der Waals surface area contributed by atoms with E-state index in [-0.39, 0.29) is 28.4 Å². The molecule has 7 nitrogen and oxygen atoms in total. The molecule has 0 aliphatic heterocycles. The number of carbonyl (C=O) groups excluding carboxylic acids is 2. The van der Waals surface area contributed by atoms with E-state index in [0.717, 1.165) is 5.56 Å². The highest BCUT2D eigenvalue weighted by atomic mass is 35.5. The van der Waals surface area contributed by atoms with Crippen molar-refractivity contribution in [1.29, 1.82) is 0 Å². The summed E-state index contributed by atoms with van der Waals surface area (Å²) < 4.78 is 32.9. The van der Waals surface area contributed by atoms with Crippen LogP contribution in [0.2, 0.25) is 5.02 Å². The number of benzene rings is 4. The third-order valence-electron chi connectivity index (χ3n) is 6.18. The van der Waals surface area contributed by atoms with E-state index >= 15 is 0 Å². The van der Waals surface area contributed by atoms with E-state index in [1.165, 1.54) is 24.5 Å². The van der Waals surface area contributed by atoms with Gasteiger partial charge in [-0.2, -0.15) is 4.31 Å². The number of nitrogens with zero attached hydrogens (tertiary/aromatic N) is 1. The quantitative estimate of drug-likeness (QED) is 0.254. The Kier molecular flexibility index (Phi) is 8.50. The Labute approximate surface area is 233 Å².